The SMILES string of the molecule is CCCC(=O)Nc1ccc(Cl)c(NC(=O)C(C)Oc2ccc(Cl)cc2Br)c1. The molecular weight excluding hydrogens is 455 g/mol. The van der Waals surface area contributed by atoms with Crippen LogP contribution in [-0.2, 0) is 9.59 Å². The van der Waals surface area contributed by atoms with Crippen LogP contribution in [0.3, 0.4) is 0 Å². The van der Waals surface area contributed by atoms with E-state index in [1.54, 1.807) is 43.3 Å². The zero-order valence-corrected chi connectivity index (χ0v) is 17.9. The van der Waals surface area contributed by atoms with Crippen molar-refractivity contribution in [2.45, 2.75) is 32.8 Å². The Hall–Kier alpha value is -1.76. The lowest BCUT2D eigenvalue weighted by Gasteiger charge is -2.17. The van der Waals surface area contributed by atoms with Gasteiger partial charge in [-0.3, -0.25) is 9.59 Å². The summed E-state index contributed by atoms with van der Waals surface area (Å²) in [4.78, 5) is 24.2. The standard InChI is InChI=1S/C19H19BrCl2N2O3/c1-3-4-18(25)23-13-6-7-15(22)16(10-13)24-19(26)11(2)27-17-8-5-12(21)9-14(17)20/h5-11H,3-4H2,1-2H3,(H,23,25)(H,24,26). The molecule has 0 saturated carbocycles. The summed E-state index contributed by atoms with van der Waals surface area (Å²) >= 11 is 15.4. The zero-order valence-electron chi connectivity index (χ0n) is 14.8. The molecule has 1 unspecified atom stereocenters. The fourth-order valence-electron chi connectivity index (χ4n) is 2.20. The number of halogens is 3. The minimum atomic E-state index is -0.781. The van der Waals surface area contributed by atoms with Crippen LogP contribution in [0.25, 0.3) is 0 Å². The maximum absolute atomic E-state index is 12.5. The van der Waals surface area contributed by atoms with Crippen LogP contribution in [0.5, 0.6) is 5.75 Å². The summed E-state index contributed by atoms with van der Waals surface area (Å²) in [5.41, 5.74) is 0.948. The van der Waals surface area contributed by atoms with Crippen LogP contribution in [0, 0.1) is 0 Å². The average molecular weight is 474 g/mol. The van der Waals surface area contributed by atoms with E-state index >= 15 is 0 Å². The van der Waals surface area contributed by atoms with Gasteiger partial charge in [-0.05, 0) is 65.7 Å². The number of hydrogen-bond acceptors (Lipinski definition) is 3. The third-order valence-electron chi connectivity index (χ3n) is 3.55. The summed E-state index contributed by atoms with van der Waals surface area (Å²) < 4.78 is 6.32. The lowest BCUT2D eigenvalue weighted by molar-refractivity contribution is -0.122. The van der Waals surface area contributed by atoms with Crippen LogP contribution in [-0.4, -0.2) is 17.9 Å². The van der Waals surface area contributed by atoms with Gasteiger partial charge in [0.1, 0.15) is 5.75 Å². The molecule has 0 radical (unpaired) electrons. The third-order valence-corrected chi connectivity index (χ3v) is 4.74. The molecule has 0 fully saturated rings. The van der Waals surface area contributed by atoms with E-state index in [1.807, 2.05) is 6.92 Å². The first-order valence-corrected chi connectivity index (χ1v) is 9.87. The second-order valence-corrected chi connectivity index (χ2v) is 7.51. The van der Waals surface area contributed by atoms with Gasteiger partial charge in [0, 0.05) is 17.1 Å². The number of nitrogens with one attached hydrogen (secondary N) is 2. The second-order valence-electron chi connectivity index (χ2n) is 5.82. The minimum absolute atomic E-state index is 0.0959. The van der Waals surface area contributed by atoms with E-state index in [1.165, 1.54) is 0 Å². The number of rotatable bonds is 7. The van der Waals surface area contributed by atoms with E-state index in [0.29, 0.717) is 38.1 Å². The Morgan fingerprint density at radius 3 is 2.56 bits per heavy atom. The summed E-state index contributed by atoms with van der Waals surface area (Å²) in [6.07, 6.45) is 0.389. The summed E-state index contributed by atoms with van der Waals surface area (Å²) in [5.74, 6) is 0.0194. The number of hydrogen-bond donors (Lipinski definition) is 2. The number of amides is 2. The van der Waals surface area contributed by atoms with Crippen LogP contribution in [0.15, 0.2) is 40.9 Å². The Labute approximate surface area is 176 Å². The molecular formula is C19H19BrCl2N2O3. The first-order chi connectivity index (χ1) is 12.8. The number of anilines is 2. The van der Waals surface area contributed by atoms with Gasteiger partial charge < -0.3 is 15.4 Å². The summed E-state index contributed by atoms with van der Waals surface area (Å²) in [6.45, 7) is 3.55. The van der Waals surface area contributed by atoms with Crippen molar-refractivity contribution >= 4 is 62.3 Å². The van der Waals surface area contributed by atoms with Crippen molar-refractivity contribution in [3.05, 3.63) is 50.9 Å². The van der Waals surface area contributed by atoms with E-state index < -0.39 is 6.10 Å². The average Bonchev–Trinajstić information content (AvgIpc) is 2.60. The molecule has 2 aromatic rings. The van der Waals surface area contributed by atoms with Gasteiger partial charge in [0.15, 0.2) is 6.10 Å². The first-order valence-electron chi connectivity index (χ1n) is 8.32. The minimum Gasteiger partial charge on any atom is -0.480 e. The predicted octanol–water partition coefficient (Wildman–Crippen LogP) is 5.90. The summed E-state index contributed by atoms with van der Waals surface area (Å²) in [5, 5.41) is 6.40. The topological polar surface area (TPSA) is 67.4 Å². The van der Waals surface area contributed by atoms with Crippen molar-refractivity contribution in [3.8, 4) is 5.75 Å². The van der Waals surface area contributed by atoms with E-state index in [2.05, 4.69) is 26.6 Å². The lowest BCUT2D eigenvalue weighted by atomic mass is 10.2. The zero-order chi connectivity index (χ0) is 20.0. The highest BCUT2D eigenvalue weighted by molar-refractivity contribution is 9.10. The first kappa shape index (κ1) is 21.5. The van der Waals surface area contributed by atoms with E-state index in [9.17, 15) is 9.59 Å². The van der Waals surface area contributed by atoms with Gasteiger partial charge in [-0.2, -0.15) is 0 Å². The van der Waals surface area contributed by atoms with Crippen molar-refractivity contribution in [3.63, 3.8) is 0 Å². The van der Waals surface area contributed by atoms with Crippen LogP contribution < -0.4 is 15.4 Å². The van der Waals surface area contributed by atoms with Gasteiger partial charge in [0.05, 0.1) is 15.2 Å². The largest absolute Gasteiger partial charge is 0.480 e. The molecule has 0 aliphatic rings. The van der Waals surface area contributed by atoms with Crippen molar-refractivity contribution in [2.24, 2.45) is 0 Å². The van der Waals surface area contributed by atoms with Gasteiger partial charge in [0.2, 0.25) is 5.91 Å². The third kappa shape index (κ3) is 6.41. The molecule has 0 heterocycles. The molecule has 5 nitrogen and oxygen atoms in total. The van der Waals surface area contributed by atoms with Crippen molar-refractivity contribution in [1.82, 2.24) is 0 Å². The molecule has 2 N–H and O–H groups in total. The Balaban J connectivity index is 2.06. The van der Waals surface area contributed by atoms with Gasteiger partial charge in [-0.15, -0.1) is 0 Å². The van der Waals surface area contributed by atoms with Crippen LogP contribution >= 0.6 is 39.1 Å². The van der Waals surface area contributed by atoms with Gasteiger partial charge in [-0.1, -0.05) is 30.1 Å². The van der Waals surface area contributed by atoms with Crippen molar-refractivity contribution < 1.29 is 14.3 Å². The van der Waals surface area contributed by atoms with Crippen molar-refractivity contribution in [1.29, 1.82) is 0 Å². The molecule has 0 bridgehead atoms. The molecule has 27 heavy (non-hydrogen) atoms. The summed E-state index contributed by atoms with van der Waals surface area (Å²) in [6, 6.07) is 9.93. The molecule has 0 aliphatic carbocycles. The number of benzene rings is 2. The molecule has 2 amide bonds. The Morgan fingerprint density at radius 2 is 1.89 bits per heavy atom. The monoisotopic (exact) mass is 472 g/mol. The van der Waals surface area contributed by atoms with Crippen LogP contribution in [0.2, 0.25) is 10.0 Å². The number of carbonyl (C=O) groups is 2. The molecule has 2 aromatic carbocycles. The molecule has 0 aromatic heterocycles. The normalized spacial score (nSPS) is 11.6. The molecule has 0 spiro atoms. The summed E-state index contributed by atoms with van der Waals surface area (Å²) in [7, 11) is 0. The van der Waals surface area contributed by atoms with E-state index in [-0.39, 0.29) is 11.8 Å². The molecule has 8 heteroatoms. The predicted molar refractivity (Wildman–Crippen MR) is 113 cm³/mol. The lowest BCUT2D eigenvalue weighted by Crippen LogP contribution is -2.30. The maximum Gasteiger partial charge on any atom is 0.265 e. The number of ether oxygens (including phenoxy) is 1. The molecule has 2 rings (SSSR count). The van der Waals surface area contributed by atoms with Gasteiger partial charge in [0.25, 0.3) is 5.91 Å². The Kier molecular flexibility index (Phi) is 7.95. The highest BCUT2D eigenvalue weighted by Crippen LogP contribution is 2.29. The molecule has 0 aliphatic heterocycles. The van der Waals surface area contributed by atoms with Gasteiger partial charge in [-0.25, -0.2) is 0 Å². The maximum atomic E-state index is 12.5. The Bertz CT molecular complexity index is 846. The van der Waals surface area contributed by atoms with E-state index in [0.717, 1.165) is 6.42 Å². The van der Waals surface area contributed by atoms with Crippen LogP contribution in [0.4, 0.5) is 11.4 Å². The molecule has 144 valence electrons. The smallest absolute Gasteiger partial charge is 0.265 e. The number of carbonyl (C=O) groups excluding carboxylic acids is 2. The second kappa shape index (κ2) is 9.97. The van der Waals surface area contributed by atoms with Crippen molar-refractivity contribution in [2.75, 3.05) is 10.6 Å². The fraction of sp³-hybridized carbons (Fsp3) is 0.263. The highest BCUT2D eigenvalue weighted by atomic mass is 79.9. The fourth-order valence-corrected chi connectivity index (χ4v) is 3.14. The highest BCUT2D eigenvalue weighted by Gasteiger charge is 2.18. The quantitative estimate of drug-likeness (QED) is 0.525. The molecule has 0 saturated heterocycles. The van der Waals surface area contributed by atoms with Gasteiger partial charge >= 0.3 is 0 Å². The molecule has 1 atom stereocenters. The van der Waals surface area contributed by atoms with Crippen LogP contribution in [0.1, 0.15) is 26.7 Å². The van der Waals surface area contributed by atoms with E-state index in [4.69, 9.17) is 27.9 Å². The Morgan fingerprint density at radius 1 is 1.15 bits per heavy atom.